The summed E-state index contributed by atoms with van der Waals surface area (Å²) in [4.78, 5) is 36.7. The molecular formula is C18H21N5O3. The molecule has 0 aromatic heterocycles. The van der Waals surface area contributed by atoms with Crippen LogP contribution in [0.4, 0.5) is 10.5 Å². The third-order valence-corrected chi connectivity index (χ3v) is 5.80. The molecule has 2 saturated heterocycles. The highest BCUT2D eigenvalue weighted by Crippen LogP contribution is 2.47. The first-order chi connectivity index (χ1) is 12.4. The molecule has 2 aliphatic heterocycles. The van der Waals surface area contributed by atoms with Crippen molar-refractivity contribution in [1.29, 1.82) is 0 Å². The number of fused-ring (bicyclic) bond motifs is 1. The van der Waals surface area contributed by atoms with Gasteiger partial charge in [-0.25, -0.2) is 4.79 Å². The second-order valence-corrected chi connectivity index (χ2v) is 7.41. The monoisotopic (exact) mass is 355 g/mol. The second-order valence-electron chi connectivity index (χ2n) is 7.41. The van der Waals surface area contributed by atoms with Crippen LogP contribution in [-0.2, 0) is 9.59 Å². The Morgan fingerprint density at radius 1 is 1.15 bits per heavy atom. The molecule has 3 aliphatic rings. The predicted molar refractivity (Wildman–Crippen MR) is 93.1 cm³/mol. The lowest BCUT2D eigenvalue weighted by Gasteiger charge is -2.57. The maximum Gasteiger partial charge on any atom is 0.315 e. The molecule has 8 nitrogen and oxygen atoms in total. The van der Waals surface area contributed by atoms with Gasteiger partial charge in [0, 0.05) is 0 Å². The number of benzene rings is 1. The van der Waals surface area contributed by atoms with Gasteiger partial charge in [0.05, 0.1) is 23.3 Å². The fourth-order valence-electron chi connectivity index (χ4n) is 4.37. The molecular weight excluding hydrogens is 334 g/mol. The average molecular weight is 355 g/mol. The van der Waals surface area contributed by atoms with E-state index in [1.807, 2.05) is 19.1 Å². The van der Waals surface area contributed by atoms with Crippen molar-refractivity contribution in [2.75, 3.05) is 0 Å². The van der Waals surface area contributed by atoms with Crippen molar-refractivity contribution in [3.05, 3.63) is 29.8 Å². The van der Waals surface area contributed by atoms with Crippen molar-refractivity contribution >= 4 is 23.4 Å². The van der Waals surface area contributed by atoms with E-state index in [1.165, 1.54) is 6.92 Å². The molecule has 4 rings (SSSR count). The summed E-state index contributed by atoms with van der Waals surface area (Å²) >= 11 is 0. The van der Waals surface area contributed by atoms with E-state index < -0.39 is 17.0 Å². The number of aryl methyl sites for hydroxylation is 1. The van der Waals surface area contributed by atoms with Gasteiger partial charge in [-0.2, -0.15) is 10.2 Å². The zero-order valence-corrected chi connectivity index (χ0v) is 14.7. The van der Waals surface area contributed by atoms with Gasteiger partial charge in [0.15, 0.2) is 5.78 Å². The lowest BCUT2D eigenvalue weighted by atomic mass is 9.58. The fourth-order valence-corrected chi connectivity index (χ4v) is 4.37. The number of amides is 3. The summed E-state index contributed by atoms with van der Waals surface area (Å²) in [5, 5.41) is 17.1. The molecule has 3 N–H and O–H groups in total. The molecule has 0 bridgehead atoms. The van der Waals surface area contributed by atoms with Crippen LogP contribution in [0.3, 0.4) is 0 Å². The summed E-state index contributed by atoms with van der Waals surface area (Å²) in [6.07, 6.45) is 1.68. The SMILES string of the molecule is CC(=O)C1(N=Nc2ccc(C)cc2)C(=O)NC12CCC1NC(=O)NC1C2. The number of urea groups is 1. The number of azo groups is 1. The summed E-state index contributed by atoms with van der Waals surface area (Å²) in [5.41, 5.74) is -0.651. The smallest absolute Gasteiger partial charge is 0.315 e. The number of hydrogen-bond donors (Lipinski definition) is 3. The van der Waals surface area contributed by atoms with Crippen LogP contribution in [0.1, 0.15) is 31.7 Å². The number of Topliss-reactive ketones (excluding diaryl/α,β-unsaturated/α-hetero) is 1. The van der Waals surface area contributed by atoms with Crippen LogP contribution in [0, 0.1) is 6.92 Å². The third kappa shape index (κ3) is 2.24. The molecule has 2 heterocycles. The van der Waals surface area contributed by atoms with Crippen LogP contribution in [0.25, 0.3) is 0 Å². The van der Waals surface area contributed by atoms with Gasteiger partial charge in [-0.15, -0.1) is 0 Å². The van der Waals surface area contributed by atoms with Crippen LogP contribution in [0.5, 0.6) is 0 Å². The number of β-lactam (4-membered cyclic amide) rings is 1. The maximum atomic E-state index is 12.5. The minimum absolute atomic E-state index is 0.0179. The lowest BCUT2D eigenvalue weighted by Crippen LogP contribution is -2.84. The standard InChI is InChI=1S/C18H21N5O3/c1-10-3-5-12(6-4-10)22-23-18(11(2)24)15(25)21-17(18)8-7-13-14(9-17)20-16(26)19-13/h3-6,13-14H,7-9H2,1-2H3,(H,21,25)(H2,19,20,26). The van der Waals surface area contributed by atoms with E-state index in [2.05, 4.69) is 26.2 Å². The Balaban J connectivity index is 1.67. The van der Waals surface area contributed by atoms with Crippen molar-refractivity contribution < 1.29 is 14.4 Å². The largest absolute Gasteiger partial charge is 0.344 e. The summed E-state index contributed by atoms with van der Waals surface area (Å²) in [6, 6.07) is 7.07. The van der Waals surface area contributed by atoms with E-state index in [-0.39, 0.29) is 23.9 Å². The molecule has 136 valence electrons. The normalized spacial score (nSPS) is 35.5. The van der Waals surface area contributed by atoms with E-state index in [0.717, 1.165) is 5.56 Å². The Hall–Kier alpha value is -2.77. The highest BCUT2D eigenvalue weighted by Gasteiger charge is 2.72. The molecule has 4 atom stereocenters. The van der Waals surface area contributed by atoms with Crippen LogP contribution < -0.4 is 16.0 Å². The van der Waals surface area contributed by atoms with E-state index in [1.54, 1.807) is 12.1 Å². The van der Waals surface area contributed by atoms with E-state index in [9.17, 15) is 14.4 Å². The van der Waals surface area contributed by atoms with Crippen LogP contribution in [0.15, 0.2) is 34.5 Å². The minimum Gasteiger partial charge on any atom is -0.344 e. The Morgan fingerprint density at radius 3 is 2.50 bits per heavy atom. The minimum atomic E-state index is -1.53. The maximum absolute atomic E-state index is 12.5. The summed E-state index contributed by atoms with van der Waals surface area (Å²) in [6.45, 7) is 3.35. The second kappa shape index (κ2) is 5.62. The molecule has 3 amide bonds. The summed E-state index contributed by atoms with van der Waals surface area (Å²) < 4.78 is 0. The van der Waals surface area contributed by atoms with Crippen LogP contribution in [0.2, 0.25) is 0 Å². The number of nitrogens with one attached hydrogen (secondary N) is 3. The molecule has 4 unspecified atom stereocenters. The van der Waals surface area contributed by atoms with Gasteiger partial charge < -0.3 is 16.0 Å². The van der Waals surface area contributed by atoms with Gasteiger partial charge in [0.25, 0.3) is 5.91 Å². The Morgan fingerprint density at radius 2 is 1.85 bits per heavy atom. The van der Waals surface area contributed by atoms with Gasteiger partial charge in [-0.3, -0.25) is 9.59 Å². The number of carbonyl (C=O) groups is 3. The van der Waals surface area contributed by atoms with Crippen molar-refractivity contribution in [2.45, 2.75) is 56.3 Å². The van der Waals surface area contributed by atoms with Gasteiger partial charge in [0.1, 0.15) is 0 Å². The number of carbonyl (C=O) groups excluding carboxylic acids is 3. The highest BCUT2D eigenvalue weighted by molar-refractivity contribution is 6.17. The number of nitrogens with zero attached hydrogens (tertiary/aromatic N) is 2. The zero-order valence-electron chi connectivity index (χ0n) is 14.7. The summed E-state index contributed by atoms with van der Waals surface area (Å²) in [7, 11) is 0. The first-order valence-electron chi connectivity index (χ1n) is 8.77. The quantitative estimate of drug-likeness (QED) is 0.434. The molecule has 8 heteroatoms. The van der Waals surface area contributed by atoms with Gasteiger partial charge in [-0.05, 0) is 45.2 Å². The molecule has 1 spiro atoms. The van der Waals surface area contributed by atoms with Crippen molar-refractivity contribution in [3.63, 3.8) is 0 Å². The third-order valence-electron chi connectivity index (χ3n) is 5.80. The topological polar surface area (TPSA) is 112 Å². The first-order valence-corrected chi connectivity index (χ1v) is 8.77. The number of hydrogen-bond acceptors (Lipinski definition) is 5. The van der Waals surface area contributed by atoms with Gasteiger partial charge in [0.2, 0.25) is 5.54 Å². The molecule has 1 aliphatic carbocycles. The predicted octanol–water partition coefficient (Wildman–Crippen LogP) is 1.51. The molecule has 3 fully saturated rings. The molecule has 26 heavy (non-hydrogen) atoms. The Labute approximate surface area is 150 Å². The molecule has 1 aromatic carbocycles. The Bertz CT molecular complexity index is 811. The van der Waals surface area contributed by atoms with E-state index in [4.69, 9.17) is 0 Å². The van der Waals surface area contributed by atoms with Crippen LogP contribution in [-0.4, -0.2) is 40.9 Å². The first kappa shape index (κ1) is 16.7. The van der Waals surface area contributed by atoms with Crippen molar-refractivity contribution in [3.8, 4) is 0 Å². The van der Waals surface area contributed by atoms with Crippen molar-refractivity contribution in [2.24, 2.45) is 10.2 Å². The highest BCUT2D eigenvalue weighted by atomic mass is 16.2. The van der Waals surface area contributed by atoms with E-state index >= 15 is 0 Å². The zero-order chi connectivity index (χ0) is 18.5. The number of rotatable bonds is 3. The molecule has 0 radical (unpaired) electrons. The van der Waals surface area contributed by atoms with Crippen molar-refractivity contribution in [1.82, 2.24) is 16.0 Å². The van der Waals surface area contributed by atoms with Gasteiger partial charge in [-0.1, -0.05) is 17.7 Å². The van der Waals surface area contributed by atoms with Gasteiger partial charge >= 0.3 is 6.03 Å². The molecule has 1 saturated carbocycles. The Kier molecular flexibility index (Phi) is 3.61. The van der Waals surface area contributed by atoms with E-state index in [0.29, 0.717) is 24.9 Å². The lowest BCUT2D eigenvalue weighted by molar-refractivity contribution is -0.155. The average Bonchev–Trinajstić information content (AvgIpc) is 2.95. The number of ketones is 1. The summed E-state index contributed by atoms with van der Waals surface area (Å²) in [5.74, 6) is -0.746. The fraction of sp³-hybridized carbons (Fsp3) is 0.500. The molecule has 1 aromatic rings. The van der Waals surface area contributed by atoms with Crippen LogP contribution >= 0.6 is 0 Å².